The molecule has 37 heavy (non-hydrogen) atoms. The van der Waals surface area contributed by atoms with Gasteiger partial charge in [-0.3, -0.25) is 9.59 Å². The number of carbonyl (C=O) groups excluding carboxylic acids is 2. The maximum atomic E-state index is 13.4. The second kappa shape index (κ2) is 12.2. The van der Waals surface area contributed by atoms with Crippen LogP contribution in [0.2, 0.25) is 5.02 Å². The van der Waals surface area contributed by atoms with E-state index in [2.05, 4.69) is 0 Å². The van der Waals surface area contributed by atoms with E-state index in [-0.39, 0.29) is 17.2 Å². The van der Waals surface area contributed by atoms with Gasteiger partial charge in [0.1, 0.15) is 11.5 Å². The molecule has 3 aromatic carbocycles. The number of halogens is 1. The van der Waals surface area contributed by atoms with Gasteiger partial charge in [-0.05, 0) is 54.8 Å². The van der Waals surface area contributed by atoms with E-state index < -0.39 is 0 Å². The van der Waals surface area contributed by atoms with Crippen molar-refractivity contribution in [3.8, 4) is 11.5 Å². The van der Waals surface area contributed by atoms with E-state index in [0.29, 0.717) is 67.6 Å². The van der Waals surface area contributed by atoms with Gasteiger partial charge in [0.25, 0.3) is 5.91 Å². The molecule has 0 spiro atoms. The minimum atomic E-state index is -0.390. The normalized spacial score (nSPS) is 14.6. The van der Waals surface area contributed by atoms with Crippen LogP contribution in [0.3, 0.4) is 0 Å². The molecular weight excluding hydrogens is 488 g/mol. The molecule has 0 saturated carbocycles. The molecule has 194 valence electrons. The summed E-state index contributed by atoms with van der Waals surface area (Å²) in [5.74, 6) is 1.28. The van der Waals surface area contributed by atoms with Gasteiger partial charge in [-0.1, -0.05) is 54.1 Å². The van der Waals surface area contributed by atoms with Crippen molar-refractivity contribution >= 4 is 23.4 Å². The first-order valence-electron chi connectivity index (χ1n) is 12.5. The number of methoxy groups -OCH3 is 1. The summed E-state index contributed by atoms with van der Waals surface area (Å²) >= 11 is 6.02. The molecule has 0 atom stereocenters. The van der Waals surface area contributed by atoms with E-state index in [0.717, 1.165) is 5.56 Å². The molecule has 0 bridgehead atoms. The molecule has 1 heterocycles. The summed E-state index contributed by atoms with van der Waals surface area (Å²) in [5.41, 5.74) is 1.25. The minimum absolute atomic E-state index is 0.0582. The monoisotopic (exact) mass is 520 g/mol. The highest BCUT2D eigenvalue weighted by atomic mass is 35.5. The standard InChI is InChI=1S/C30H33ClN2O4/c1-32(21-23-8-4-3-5-9-23)28(34)20-30(22-37-25-14-12-24(31)13-15-25)16-18-33(19-17-30)29(35)26-10-6-7-11-27(26)36-2/h3-15H,16-22H2,1-2H3. The van der Waals surface area contributed by atoms with Crippen molar-refractivity contribution in [1.82, 2.24) is 9.80 Å². The van der Waals surface area contributed by atoms with Gasteiger partial charge in [-0.2, -0.15) is 0 Å². The van der Waals surface area contributed by atoms with Crippen molar-refractivity contribution in [3.05, 3.63) is 95.0 Å². The third-order valence-electron chi connectivity index (χ3n) is 7.02. The molecule has 6 nitrogen and oxygen atoms in total. The number of hydrogen-bond donors (Lipinski definition) is 0. The van der Waals surface area contributed by atoms with Crippen LogP contribution in [0.5, 0.6) is 11.5 Å². The topological polar surface area (TPSA) is 59.1 Å². The van der Waals surface area contributed by atoms with Gasteiger partial charge < -0.3 is 19.3 Å². The van der Waals surface area contributed by atoms with Crippen LogP contribution in [0.1, 0.15) is 35.2 Å². The van der Waals surface area contributed by atoms with Gasteiger partial charge in [0.2, 0.25) is 5.91 Å². The number of para-hydroxylation sites is 1. The fourth-order valence-electron chi connectivity index (χ4n) is 4.72. The fraction of sp³-hybridized carbons (Fsp3) is 0.333. The zero-order valence-corrected chi connectivity index (χ0v) is 22.1. The Bertz CT molecular complexity index is 1190. The van der Waals surface area contributed by atoms with Crippen LogP contribution < -0.4 is 9.47 Å². The van der Waals surface area contributed by atoms with Crippen LogP contribution in [-0.4, -0.2) is 55.5 Å². The number of rotatable bonds is 9. The summed E-state index contributed by atoms with van der Waals surface area (Å²) < 4.78 is 11.6. The lowest BCUT2D eigenvalue weighted by atomic mass is 9.75. The van der Waals surface area contributed by atoms with Gasteiger partial charge in [0, 0.05) is 43.5 Å². The van der Waals surface area contributed by atoms with Crippen LogP contribution in [0.25, 0.3) is 0 Å². The Kier molecular flexibility index (Phi) is 8.72. The molecule has 0 radical (unpaired) electrons. The molecule has 1 aliphatic rings. The first-order valence-corrected chi connectivity index (χ1v) is 12.9. The molecule has 1 saturated heterocycles. The maximum Gasteiger partial charge on any atom is 0.257 e. The van der Waals surface area contributed by atoms with E-state index in [1.165, 1.54) is 0 Å². The van der Waals surface area contributed by atoms with Gasteiger partial charge >= 0.3 is 0 Å². The number of likely N-dealkylation sites (tertiary alicyclic amines) is 1. The Morgan fingerprint density at radius 2 is 1.59 bits per heavy atom. The van der Waals surface area contributed by atoms with E-state index in [9.17, 15) is 9.59 Å². The molecule has 2 amide bonds. The number of piperidine rings is 1. The van der Waals surface area contributed by atoms with Crippen molar-refractivity contribution in [2.45, 2.75) is 25.8 Å². The van der Waals surface area contributed by atoms with Gasteiger partial charge in [-0.15, -0.1) is 0 Å². The van der Waals surface area contributed by atoms with Gasteiger partial charge in [0.15, 0.2) is 0 Å². The van der Waals surface area contributed by atoms with E-state index in [1.54, 1.807) is 36.3 Å². The quantitative estimate of drug-likeness (QED) is 0.363. The predicted molar refractivity (Wildman–Crippen MR) is 145 cm³/mol. The third-order valence-corrected chi connectivity index (χ3v) is 7.27. The summed E-state index contributed by atoms with van der Waals surface area (Å²) in [6, 6.07) is 24.5. The zero-order chi connectivity index (χ0) is 26.3. The minimum Gasteiger partial charge on any atom is -0.496 e. The Balaban J connectivity index is 1.47. The largest absolute Gasteiger partial charge is 0.496 e. The second-order valence-corrected chi connectivity index (χ2v) is 10.1. The third kappa shape index (κ3) is 6.83. The molecule has 0 aliphatic carbocycles. The molecule has 0 N–H and O–H groups in total. The van der Waals surface area contributed by atoms with Crippen molar-refractivity contribution in [1.29, 1.82) is 0 Å². The highest BCUT2D eigenvalue weighted by Crippen LogP contribution is 2.37. The number of benzene rings is 3. The molecule has 1 aliphatic heterocycles. The smallest absolute Gasteiger partial charge is 0.257 e. The number of carbonyl (C=O) groups is 2. The molecule has 0 aromatic heterocycles. The van der Waals surface area contributed by atoms with Crippen LogP contribution in [0.4, 0.5) is 0 Å². The lowest BCUT2D eigenvalue weighted by Gasteiger charge is -2.42. The van der Waals surface area contributed by atoms with Gasteiger partial charge in [-0.25, -0.2) is 0 Å². The van der Waals surface area contributed by atoms with E-state index >= 15 is 0 Å². The molecule has 4 rings (SSSR count). The van der Waals surface area contributed by atoms with E-state index in [1.807, 2.05) is 66.5 Å². The van der Waals surface area contributed by atoms with E-state index in [4.69, 9.17) is 21.1 Å². The number of nitrogens with zero attached hydrogens (tertiary/aromatic N) is 2. The lowest BCUT2D eigenvalue weighted by Crippen LogP contribution is -2.47. The first-order chi connectivity index (χ1) is 17.9. The van der Waals surface area contributed by atoms with Crippen LogP contribution >= 0.6 is 11.6 Å². The lowest BCUT2D eigenvalue weighted by molar-refractivity contribution is -0.134. The highest BCUT2D eigenvalue weighted by molar-refractivity contribution is 6.30. The summed E-state index contributed by atoms with van der Waals surface area (Å²) in [4.78, 5) is 30.2. The Morgan fingerprint density at radius 3 is 2.27 bits per heavy atom. The summed E-state index contributed by atoms with van der Waals surface area (Å²) in [6.07, 6.45) is 1.67. The van der Waals surface area contributed by atoms with Crippen molar-refractivity contribution in [2.24, 2.45) is 5.41 Å². The maximum absolute atomic E-state index is 13.4. The summed E-state index contributed by atoms with van der Waals surface area (Å²) in [5, 5.41) is 0.642. The first kappa shape index (κ1) is 26.6. The number of amides is 2. The van der Waals surface area contributed by atoms with Crippen LogP contribution in [0, 0.1) is 5.41 Å². The van der Waals surface area contributed by atoms with Crippen LogP contribution in [-0.2, 0) is 11.3 Å². The average molecular weight is 521 g/mol. The Labute approximate surface area is 223 Å². The Hall–Kier alpha value is -3.51. The second-order valence-electron chi connectivity index (χ2n) is 9.65. The van der Waals surface area contributed by atoms with Crippen molar-refractivity contribution in [2.75, 3.05) is 33.9 Å². The SMILES string of the molecule is COc1ccccc1C(=O)N1CCC(COc2ccc(Cl)cc2)(CC(=O)N(C)Cc2ccccc2)CC1. The molecule has 3 aromatic rings. The molecule has 1 fully saturated rings. The average Bonchev–Trinajstić information content (AvgIpc) is 2.93. The number of ether oxygens (including phenoxy) is 2. The zero-order valence-electron chi connectivity index (χ0n) is 21.4. The molecule has 0 unspecified atom stereocenters. The Morgan fingerprint density at radius 1 is 0.946 bits per heavy atom. The summed E-state index contributed by atoms with van der Waals surface area (Å²) in [7, 11) is 3.41. The van der Waals surface area contributed by atoms with Gasteiger partial charge in [0.05, 0.1) is 19.3 Å². The fourth-order valence-corrected chi connectivity index (χ4v) is 4.84. The molecular formula is C30H33ClN2O4. The van der Waals surface area contributed by atoms with Crippen molar-refractivity contribution < 1.29 is 19.1 Å². The molecule has 7 heteroatoms. The highest BCUT2D eigenvalue weighted by Gasteiger charge is 2.39. The predicted octanol–water partition coefficient (Wildman–Crippen LogP) is 5.70. The van der Waals surface area contributed by atoms with Crippen molar-refractivity contribution in [3.63, 3.8) is 0 Å². The van der Waals surface area contributed by atoms with Crippen LogP contribution in [0.15, 0.2) is 78.9 Å². The summed E-state index contributed by atoms with van der Waals surface area (Å²) in [6.45, 7) is 2.01. The number of hydrogen-bond acceptors (Lipinski definition) is 4.